The molecule has 1 atom stereocenters. The number of amides is 1. The van der Waals surface area contributed by atoms with E-state index in [4.69, 9.17) is 10.5 Å². The number of carbonyl (C=O) groups excluding carboxylic acids is 1. The van der Waals surface area contributed by atoms with Crippen LogP contribution >= 0.6 is 0 Å². The molecule has 0 bridgehead atoms. The van der Waals surface area contributed by atoms with E-state index in [1.807, 2.05) is 0 Å². The van der Waals surface area contributed by atoms with Crippen LogP contribution < -0.4 is 11.1 Å². The van der Waals surface area contributed by atoms with Gasteiger partial charge < -0.3 is 15.8 Å². The van der Waals surface area contributed by atoms with E-state index >= 15 is 0 Å². The molecule has 4 heteroatoms. The number of hydrogen-bond donors (Lipinski definition) is 2. The van der Waals surface area contributed by atoms with Crippen LogP contribution in [-0.4, -0.2) is 31.2 Å². The summed E-state index contributed by atoms with van der Waals surface area (Å²) in [6.07, 6.45) is 7.44. The first-order valence-corrected chi connectivity index (χ1v) is 6.88. The summed E-state index contributed by atoms with van der Waals surface area (Å²) in [5.41, 5.74) is 5.70. The fourth-order valence-corrected chi connectivity index (χ4v) is 2.63. The third-order valence-corrected chi connectivity index (χ3v) is 3.83. The van der Waals surface area contributed by atoms with Gasteiger partial charge in [-0.3, -0.25) is 4.79 Å². The van der Waals surface area contributed by atoms with Crippen LogP contribution in [0.15, 0.2) is 0 Å². The van der Waals surface area contributed by atoms with Crippen molar-refractivity contribution in [2.45, 2.75) is 57.1 Å². The Kier molecular flexibility index (Phi) is 4.80. The first-order chi connectivity index (χ1) is 8.24. The maximum absolute atomic E-state index is 11.6. The molecule has 0 radical (unpaired) electrons. The van der Waals surface area contributed by atoms with E-state index in [9.17, 15) is 4.79 Å². The Hall–Kier alpha value is -0.610. The summed E-state index contributed by atoms with van der Waals surface area (Å²) < 4.78 is 5.60. The highest BCUT2D eigenvalue weighted by Crippen LogP contribution is 2.24. The van der Waals surface area contributed by atoms with E-state index in [1.54, 1.807) is 0 Å². The van der Waals surface area contributed by atoms with Crippen LogP contribution in [0.1, 0.15) is 44.9 Å². The number of nitrogens with one attached hydrogen (secondary N) is 1. The lowest BCUT2D eigenvalue weighted by atomic mass is 9.81. The molecule has 0 aromatic carbocycles. The lowest BCUT2D eigenvalue weighted by Gasteiger charge is -2.32. The van der Waals surface area contributed by atoms with Gasteiger partial charge in [-0.1, -0.05) is 0 Å². The van der Waals surface area contributed by atoms with Gasteiger partial charge in [0.05, 0.1) is 6.10 Å². The fourth-order valence-electron chi connectivity index (χ4n) is 2.63. The zero-order chi connectivity index (χ0) is 12.1. The van der Waals surface area contributed by atoms with Gasteiger partial charge >= 0.3 is 0 Å². The van der Waals surface area contributed by atoms with Gasteiger partial charge in [0.2, 0.25) is 5.91 Å². The molecule has 1 unspecified atom stereocenters. The zero-order valence-corrected chi connectivity index (χ0v) is 10.5. The van der Waals surface area contributed by atoms with Crippen LogP contribution in [0.2, 0.25) is 0 Å². The van der Waals surface area contributed by atoms with Crippen molar-refractivity contribution < 1.29 is 9.53 Å². The van der Waals surface area contributed by atoms with Crippen molar-refractivity contribution in [3.05, 3.63) is 0 Å². The second-order valence-electron chi connectivity index (χ2n) is 5.43. The summed E-state index contributed by atoms with van der Waals surface area (Å²) in [6, 6.07) is 0.368. The molecule has 0 aromatic rings. The Bertz CT molecular complexity index is 246. The van der Waals surface area contributed by atoms with Crippen molar-refractivity contribution >= 4 is 5.91 Å². The normalized spacial score (nSPS) is 32.9. The van der Waals surface area contributed by atoms with Gasteiger partial charge in [-0.05, 0) is 44.4 Å². The molecule has 2 rings (SSSR count). The minimum Gasteiger partial charge on any atom is -0.378 e. The first kappa shape index (κ1) is 12.8. The number of carbonyl (C=O) groups is 1. The average Bonchev–Trinajstić information content (AvgIpc) is 2.32. The summed E-state index contributed by atoms with van der Waals surface area (Å²) in [7, 11) is 0. The Morgan fingerprint density at radius 3 is 2.82 bits per heavy atom. The third kappa shape index (κ3) is 4.28. The fraction of sp³-hybridized carbons (Fsp3) is 0.923. The van der Waals surface area contributed by atoms with Crippen molar-refractivity contribution in [3.8, 4) is 0 Å². The number of rotatable bonds is 5. The molecule has 1 aliphatic heterocycles. The van der Waals surface area contributed by atoms with Crippen molar-refractivity contribution in [1.29, 1.82) is 0 Å². The SMILES string of the molecule is NC1CC(CNC(=O)CCC2CCCCO2)C1. The molecule has 1 saturated heterocycles. The Morgan fingerprint density at radius 1 is 1.35 bits per heavy atom. The molecular weight excluding hydrogens is 216 g/mol. The van der Waals surface area contributed by atoms with Crippen molar-refractivity contribution in [1.82, 2.24) is 5.32 Å². The van der Waals surface area contributed by atoms with E-state index in [-0.39, 0.29) is 5.91 Å². The molecular formula is C13H24N2O2. The quantitative estimate of drug-likeness (QED) is 0.758. The van der Waals surface area contributed by atoms with Gasteiger partial charge in [-0.15, -0.1) is 0 Å². The second-order valence-corrected chi connectivity index (χ2v) is 5.43. The molecule has 2 fully saturated rings. The van der Waals surface area contributed by atoms with Crippen LogP contribution in [0.5, 0.6) is 0 Å². The van der Waals surface area contributed by atoms with Crippen LogP contribution in [-0.2, 0) is 9.53 Å². The van der Waals surface area contributed by atoms with E-state index in [0.29, 0.717) is 24.5 Å². The van der Waals surface area contributed by atoms with Crippen LogP contribution in [0.4, 0.5) is 0 Å². The Balaban J connectivity index is 1.51. The monoisotopic (exact) mass is 240 g/mol. The molecule has 1 amide bonds. The van der Waals surface area contributed by atoms with Gasteiger partial charge in [-0.25, -0.2) is 0 Å². The van der Waals surface area contributed by atoms with Crippen molar-refractivity contribution in [3.63, 3.8) is 0 Å². The van der Waals surface area contributed by atoms with E-state index in [2.05, 4.69) is 5.32 Å². The molecule has 98 valence electrons. The highest BCUT2D eigenvalue weighted by atomic mass is 16.5. The summed E-state index contributed by atoms with van der Waals surface area (Å²) in [5.74, 6) is 0.777. The van der Waals surface area contributed by atoms with Crippen molar-refractivity contribution in [2.75, 3.05) is 13.2 Å². The third-order valence-electron chi connectivity index (χ3n) is 3.83. The molecule has 1 aliphatic carbocycles. The number of ether oxygens (including phenoxy) is 1. The minimum absolute atomic E-state index is 0.166. The van der Waals surface area contributed by atoms with Crippen LogP contribution in [0.3, 0.4) is 0 Å². The van der Waals surface area contributed by atoms with Gasteiger partial charge in [0.15, 0.2) is 0 Å². The number of hydrogen-bond acceptors (Lipinski definition) is 3. The van der Waals surface area contributed by atoms with Gasteiger partial charge in [0.25, 0.3) is 0 Å². The highest BCUT2D eigenvalue weighted by Gasteiger charge is 2.25. The molecule has 3 N–H and O–H groups in total. The summed E-state index contributed by atoms with van der Waals surface area (Å²) in [4.78, 5) is 11.6. The van der Waals surface area contributed by atoms with E-state index in [0.717, 1.165) is 38.8 Å². The summed E-state index contributed by atoms with van der Waals surface area (Å²) >= 11 is 0. The molecule has 1 saturated carbocycles. The van der Waals surface area contributed by atoms with Gasteiger partial charge in [0, 0.05) is 25.6 Å². The molecule has 1 heterocycles. The van der Waals surface area contributed by atoms with Crippen LogP contribution in [0.25, 0.3) is 0 Å². The highest BCUT2D eigenvalue weighted by molar-refractivity contribution is 5.75. The first-order valence-electron chi connectivity index (χ1n) is 6.88. The van der Waals surface area contributed by atoms with Crippen molar-refractivity contribution in [2.24, 2.45) is 11.7 Å². The lowest BCUT2D eigenvalue weighted by Crippen LogP contribution is -2.42. The van der Waals surface area contributed by atoms with E-state index in [1.165, 1.54) is 12.8 Å². The standard InChI is InChI=1S/C13H24N2O2/c14-11-7-10(8-11)9-15-13(16)5-4-12-3-1-2-6-17-12/h10-12H,1-9,14H2,(H,15,16). The topological polar surface area (TPSA) is 64.3 Å². The molecule has 2 aliphatic rings. The second kappa shape index (κ2) is 6.36. The Morgan fingerprint density at radius 2 is 2.18 bits per heavy atom. The maximum atomic E-state index is 11.6. The van der Waals surface area contributed by atoms with Gasteiger partial charge in [-0.2, -0.15) is 0 Å². The summed E-state index contributed by atoms with van der Waals surface area (Å²) in [6.45, 7) is 1.67. The zero-order valence-electron chi connectivity index (χ0n) is 10.5. The predicted molar refractivity (Wildman–Crippen MR) is 66.5 cm³/mol. The lowest BCUT2D eigenvalue weighted by molar-refractivity contribution is -0.122. The smallest absolute Gasteiger partial charge is 0.220 e. The molecule has 0 spiro atoms. The molecule has 0 aromatic heterocycles. The maximum Gasteiger partial charge on any atom is 0.220 e. The van der Waals surface area contributed by atoms with E-state index < -0.39 is 0 Å². The average molecular weight is 240 g/mol. The van der Waals surface area contributed by atoms with Crippen LogP contribution in [0, 0.1) is 5.92 Å². The molecule has 4 nitrogen and oxygen atoms in total. The summed E-state index contributed by atoms with van der Waals surface area (Å²) in [5, 5.41) is 2.99. The van der Waals surface area contributed by atoms with Gasteiger partial charge in [0.1, 0.15) is 0 Å². The largest absolute Gasteiger partial charge is 0.378 e. The molecule has 17 heavy (non-hydrogen) atoms. The number of nitrogens with two attached hydrogens (primary N) is 1. The predicted octanol–water partition coefficient (Wildman–Crippen LogP) is 1.19. The Labute approximate surface area is 103 Å². The minimum atomic E-state index is 0.166.